The fraction of sp³-hybridized carbons (Fsp3) is 0.565. The van der Waals surface area contributed by atoms with E-state index >= 15 is 0 Å². The molecular weight excluding hydrogens is 400 g/mol. The van der Waals surface area contributed by atoms with E-state index in [1.807, 2.05) is 27.7 Å². The smallest absolute Gasteiger partial charge is 0.325 e. The molecule has 1 saturated heterocycles. The van der Waals surface area contributed by atoms with Crippen LogP contribution in [-0.4, -0.2) is 57.4 Å². The van der Waals surface area contributed by atoms with Gasteiger partial charge >= 0.3 is 11.9 Å². The molecule has 1 aromatic carbocycles. The van der Waals surface area contributed by atoms with Gasteiger partial charge in [0, 0.05) is 32.7 Å². The standard InChI is InChI=1S/C23H30N2O6/c1-15(26)30-16-13-22(2,3)25(23(4,5)14-16)31-19(27)11-8-12-24-20(28)17-9-6-7-10-18(17)21(24)29/h6-7,9-10,16H,8,11-14H2,1-5H3. The Hall–Kier alpha value is -2.74. The molecule has 0 bridgehead atoms. The van der Waals surface area contributed by atoms with Gasteiger partial charge in [-0.05, 0) is 46.2 Å². The van der Waals surface area contributed by atoms with Crippen molar-refractivity contribution in [1.29, 1.82) is 0 Å². The van der Waals surface area contributed by atoms with Crippen molar-refractivity contribution in [1.82, 2.24) is 9.96 Å². The first-order chi connectivity index (χ1) is 14.4. The van der Waals surface area contributed by atoms with Crippen LogP contribution in [-0.2, 0) is 19.2 Å². The van der Waals surface area contributed by atoms with E-state index < -0.39 is 17.0 Å². The van der Waals surface area contributed by atoms with Crippen molar-refractivity contribution in [3.8, 4) is 0 Å². The van der Waals surface area contributed by atoms with Crippen LogP contribution in [0.1, 0.15) is 81.0 Å². The first kappa shape index (κ1) is 22.9. The summed E-state index contributed by atoms with van der Waals surface area (Å²) in [5.41, 5.74) is -0.261. The zero-order valence-corrected chi connectivity index (χ0v) is 18.8. The SMILES string of the molecule is CC(=O)OC1CC(C)(C)N(OC(=O)CCCN2C(=O)c3ccccc3C2=O)C(C)(C)C1. The number of nitrogens with zero attached hydrogens (tertiary/aromatic N) is 2. The quantitative estimate of drug-likeness (QED) is 0.506. The highest BCUT2D eigenvalue weighted by Crippen LogP contribution is 2.40. The number of benzene rings is 1. The van der Waals surface area contributed by atoms with Crippen LogP contribution in [0.25, 0.3) is 0 Å². The van der Waals surface area contributed by atoms with Gasteiger partial charge in [-0.25, -0.2) is 0 Å². The highest BCUT2D eigenvalue weighted by molar-refractivity contribution is 6.21. The number of esters is 1. The monoisotopic (exact) mass is 430 g/mol. The largest absolute Gasteiger partial charge is 0.462 e. The maximum absolute atomic E-state index is 12.6. The predicted octanol–water partition coefficient (Wildman–Crippen LogP) is 3.11. The summed E-state index contributed by atoms with van der Waals surface area (Å²) in [5.74, 6) is -1.41. The molecule has 8 nitrogen and oxygen atoms in total. The summed E-state index contributed by atoms with van der Waals surface area (Å²) in [6, 6.07) is 6.71. The highest BCUT2D eigenvalue weighted by atomic mass is 16.7. The Morgan fingerprint density at radius 1 is 1.00 bits per heavy atom. The minimum Gasteiger partial charge on any atom is -0.462 e. The number of amides is 2. The van der Waals surface area contributed by atoms with E-state index in [-0.39, 0.29) is 36.9 Å². The van der Waals surface area contributed by atoms with Gasteiger partial charge in [0.05, 0.1) is 22.2 Å². The number of ether oxygens (including phenoxy) is 1. The summed E-state index contributed by atoms with van der Waals surface area (Å²) >= 11 is 0. The van der Waals surface area contributed by atoms with Gasteiger partial charge in [-0.3, -0.25) is 24.1 Å². The van der Waals surface area contributed by atoms with Gasteiger partial charge in [-0.15, -0.1) is 5.06 Å². The molecular formula is C23H30N2O6. The number of hydrogen-bond acceptors (Lipinski definition) is 7. The lowest BCUT2D eigenvalue weighted by Crippen LogP contribution is -2.62. The minimum atomic E-state index is -0.528. The highest BCUT2D eigenvalue weighted by Gasteiger charge is 2.49. The van der Waals surface area contributed by atoms with Gasteiger partial charge in [-0.1, -0.05) is 12.1 Å². The van der Waals surface area contributed by atoms with E-state index in [2.05, 4.69) is 0 Å². The average Bonchev–Trinajstić information content (AvgIpc) is 2.89. The van der Waals surface area contributed by atoms with E-state index in [0.717, 1.165) is 0 Å². The van der Waals surface area contributed by atoms with Gasteiger partial charge in [0.2, 0.25) is 0 Å². The summed E-state index contributed by atoms with van der Waals surface area (Å²) in [6.07, 6.45) is 1.22. The van der Waals surface area contributed by atoms with Crippen molar-refractivity contribution >= 4 is 23.8 Å². The predicted molar refractivity (Wildman–Crippen MR) is 112 cm³/mol. The number of carbonyl (C=O) groups is 4. The molecule has 0 N–H and O–H groups in total. The van der Waals surface area contributed by atoms with Crippen molar-refractivity contribution < 1.29 is 28.8 Å². The topological polar surface area (TPSA) is 93.2 Å². The molecule has 2 heterocycles. The van der Waals surface area contributed by atoms with Crippen LogP contribution in [0.2, 0.25) is 0 Å². The lowest BCUT2D eigenvalue weighted by atomic mass is 9.80. The molecule has 1 aromatic rings. The summed E-state index contributed by atoms with van der Waals surface area (Å²) in [5, 5.41) is 1.68. The third-order valence-corrected chi connectivity index (χ3v) is 5.72. The molecule has 0 radical (unpaired) electrons. The molecule has 3 rings (SSSR count). The molecule has 2 aliphatic rings. The summed E-state index contributed by atoms with van der Waals surface area (Å²) < 4.78 is 5.41. The number of rotatable bonds is 6. The van der Waals surface area contributed by atoms with Gasteiger partial charge in [0.1, 0.15) is 6.10 Å². The van der Waals surface area contributed by atoms with Crippen molar-refractivity contribution in [2.45, 2.75) is 77.5 Å². The summed E-state index contributed by atoms with van der Waals surface area (Å²) in [7, 11) is 0. The number of carbonyl (C=O) groups excluding carboxylic acids is 4. The molecule has 1 fully saturated rings. The summed E-state index contributed by atoms with van der Waals surface area (Å²) in [4.78, 5) is 55.7. The third kappa shape index (κ3) is 4.79. The van der Waals surface area contributed by atoms with Crippen molar-refractivity contribution in [2.75, 3.05) is 6.54 Å². The van der Waals surface area contributed by atoms with Crippen molar-refractivity contribution in [3.63, 3.8) is 0 Å². The number of piperidine rings is 1. The van der Waals surface area contributed by atoms with E-state index in [1.165, 1.54) is 11.8 Å². The number of imide groups is 1. The lowest BCUT2D eigenvalue weighted by molar-refractivity contribution is -0.277. The molecule has 2 aliphatic heterocycles. The zero-order chi connectivity index (χ0) is 23.0. The second kappa shape index (κ2) is 8.42. The van der Waals surface area contributed by atoms with E-state index in [1.54, 1.807) is 29.3 Å². The van der Waals surface area contributed by atoms with Crippen LogP contribution in [0.3, 0.4) is 0 Å². The van der Waals surface area contributed by atoms with Crippen molar-refractivity contribution in [2.24, 2.45) is 0 Å². The van der Waals surface area contributed by atoms with E-state index in [4.69, 9.17) is 9.57 Å². The second-order valence-electron chi connectivity index (χ2n) is 9.43. The number of hydrogen-bond donors (Lipinski definition) is 0. The van der Waals surface area contributed by atoms with Crippen LogP contribution >= 0.6 is 0 Å². The fourth-order valence-corrected chi connectivity index (χ4v) is 4.71. The van der Waals surface area contributed by atoms with Crippen LogP contribution < -0.4 is 0 Å². The van der Waals surface area contributed by atoms with Crippen LogP contribution in [0.4, 0.5) is 0 Å². The molecule has 0 unspecified atom stereocenters. The molecule has 0 spiro atoms. The Morgan fingerprint density at radius 3 is 2.00 bits per heavy atom. The summed E-state index contributed by atoms with van der Waals surface area (Å²) in [6.45, 7) is 9.31. The maximum Gasteiger partial charge on any atom is 0.325 e. The van der Waals surface area contributed by atoms with Gasteiger partial charge in [0.15, 0.2) is 0 Å². The van der Waals surface area contributed by atoms with Crippen molar-refractivity contribution in [3.05, 3.63) is 35.4 Å². The lowest BCUT2D eigenvalue weighted by Gasteiger charge is -2.52. The third-order valence-electron chi connectivity index (χ3n) is 5.72. The van der Waals surface area contributed by atoms with Crippen LogP contribution in [0, 0.1) is 0 Å². The molecule has 0 aromatic heterocycles. The van der Waals surface area contributed by atoms with Crippen LogP contribution in [0.15, 0.2) is 24.3 Å². The Bertz CT molecular complexity index is 854. The van der Waals surface area contributed by atoms with Gasteiger partial charge < -0.3 is 9.57 Å². The normalized spacial score (nSPS) is 20.5. The van der Waals surface area contributed by atoms with Gasteiger partial charge in [0.25, 0.3) is 11.8 Å². The molecule has 2 amide bonds. The Kier molecular flexibility index (Phi) is 6.23. The number of fused-ring (bicyclic) bond motifs is 1. The first-order valence-electron chi connectivity index (χ1n) is 10.6. The Balaban J connectivity index is 1.55. The molecule has 8 heteroatoms. The molecule has 0 saturated carbocycles. The molecule has 0 atom stereocenters. The first-order valence-corrected chi connectivity index (χ1v) is 10.6. The molecule has 168 valence electrons. The number of hydroxylamine groups is 2. The average molecular weight is 431 g/mol. The fourth-order valence-electron chi connectivity index (χ4n) is 4.71. The Labute approximate surface area is 182 Å². The Morgan fingerprint density at radius 2 is 1.52 bits per heavy atom. The maximum atomic E-state index is 12.6. The van der Waals surface area contributed by atoms with E-state index in [0.29, 0.717) is 30.4 Å². The molecule has 31 heavy (non-hydrogen) atoms. The van der Waals surface area contributed by atoms with E-state index in [9.17, 15) is 19.2 Å². The van der Waals surface area contributed by atoms with Crippen LogP contribution in [0.5, 0.6) is 0 Å². The molecule has 0 aliphatic carbocycles. The zero-order valence-electron chi connectivity index (χ0n) is 18.8. The second-order valence-corrected chi connectivity index (χ2v) is 9.43. The minimum absolute atomic E-state index is 0.0729. The van der Waals surface area contributed by atoms with Gasteiger partial charge in [-0.2, -0.15) is 0 Å².